The lowest BCUT2D eigenvalue weighted by molar-refractivity contribution is -0.132. The van der Waals surface area contributed by atoms with E-state index in [0.29, 0.717) is 28.8 Å². The summed E-state index contributed by atoms with van der Waals surface area (Å²) in [5.41, 5.74) is 2.34. The fourth-order valence-electron chi connectivity index (χ4n) is 3.35. The second-order valence-electron chi connectivity index (χ2n) is 6.32. The van der Waals surface area contributed by atoms with Crippen LogP contribution >= 0.6 is 0 Å². The van der Waals surface area contributed by atoms with Crippen molar-refractivity contribution in [2.75, 3.05) is 13.2 Å². The lowest BCUT2D eigenvalue weighted by atomic mass is 9.98. The average molecular weight is 326 g/mol. The Balaban J connectivity index is 1.79. The minimum atomic E-state index is -0.436. The van der Waals surface area contributed by atoms with Crippen LogP contribution in [-0.4, -0.2) is 40.7 Å². The first kappa shape index (κ1) is 14.9. The number of carbonyl (C=O) groups excluding carboxylic acids is 3. The summed E-state index contributed by atoms with van der Waals surface area (Å²) < 4.78 is 5.10. The van der Waals surface area contributed by atoms with Crippen molar-refractivity contribution in [3.63, 3.8) is 0 Å². The lowest BCUT2D eigenvalue weighted by Crippen LogP contribution is -2.40. The number of aromatic nitrogens is 1. The van der Waals surface area contributed by atoms with E-state index in [1.165, 1.54) is 0 Å². The van der Waals surface area contributed by atoms with E-state index in [1.807, 2.05) is 6.07 Å². The summed E-state index contributed by atoms with van der Waals surface area (Å²) >= 11 is 0. The van der Waals surface area contributed by atoms with Gasteiger partial charge in [0.1, 0.15) is 0 Å². The summed E-state index contributed by atoms with van der Waals surface area (Å²) in [6.45, 7) is 2.48. The number of ether oxygens (including phenoxy) is 1. The number of ketones is 1. The number of nitrogens with zero attached hydrogens (tertiary/aromatic N) is 1. The Bertz CT molecular complexity index is 863. The Morgan fingerprint density at radius 2 is 2.08 bits per heavy atom. The van der Waals surface area contributed by atoms with Crippen LogP contribution < -0.4 is 0 Å². The Labute approximate surface area is 138 Å². The largest absolute Gasteiger partial charge is 0.462 e. The van der Waals surface area contributed by atoms with Crippen molar-refractivity contribution in [1.29, 1.82) is 0 Å². The molecule has 24 heavy (non-hydrogen) atoms. The minimum Gasteiger partial charge on any atom is -0.462 e. The van der Waals surface area contributed by atoms with Gasteiger partial charge in [0.05, 0.1) is 30.8 Å². The molecule has 0 spiro atoms. The molecular weight excluding hydrogens is 308 g/mol. The third-order valence-corrected chi connectivity index (χ3v) is 4.60. The molecule has 0 radical (unpaired) electrons. The summed E-state index contributed by atoms with van der Waals surface area (Å²) in [6, 6.07) is 5.26. The van der Waals surface area contributed by atoms with Gasteiger partial charge in [0.2, 0.25) is 5.91 Å². The number of hydrogen-bond donors (Lipinski definition) is 1. The predicted molar refractivity (Wildman–Crippen MR) is 86.7 cm³/mol. The van der Waals surface area contributed by atoms with Crippen LogP contribution in [0.5, 0.6) is 0 Å². The first-order chi connectivity index (χ1) is 11.6. The number of amides is 1. The molecule has 6 heteroatoms. The van der Waals surface area contributed by atoms with Gasteiger partial charge in [0, 0.05) is 22.5 Å². The molecule has 1 fully saturated rings. The Morgan fingerprint density at radius 1 is 1.29 bits per heavy atom. The first-order valence-electron chi connectivity index (χ1n) is 8.22. The van der Waals surface area contributed by atoms with Gasteiger partial charge in [-0.05, 0) is 31.9 Å². The first-order valence-corrected chi connectivity index (χ1v) is 8.22. The smallest absolute Gasteiger partial charge is 0.338 e. The quantitative estimate of drug-likeness (QED) is 0.878. The summed E-state index contributed by atoms with van der Waals surface area (Å²) in [5, 5.41) is 0.606. The van der Waals surface area contributed by atoms with E-state index in [2.05, 4.69) is 4.98 Å². The fraction of sp³-hybridized carbons (Fsp3) is 0.389. The number of fused-ring (bicyclic) bond motifs is 3. The van der Waals surface area contributed by atoms with E-state index < -0.39 is 5.97 Å². The van der Waals surface area contributed by atoms with Crippen LogP contribution in [0.25, 0.3) is 10.9 Å². The molecule has 0 saturated heterocycles. The van der Waals surface area contributed by atoms with E-state index in [4.69, 9.17) is 4.74 Å². The van der Waals surface area contributed by atoms with Crippen molar-refractivity contribution in [2.24, 2.45) is 5.92 Å². The zero-order valence-electron chi connectivity index (χ0n) is 13.4. The van der Waals surface area contributed by atoms with Crippen molar-refractivity contribution in [2.45, 2.75) is 26.3 Å². The standard InChI is InChI=1S/C18H18N2O4/c1-2-24-18(23)11-4-3-5-12-15(11)16-13(19-12)8-20(9-14(16)21)17(22)10-6-7-10/h3-5,10,19H,2,6-9H2,1H3. The van der Waals surface area contributed by atoms with Crippen LogP contribution in [0.15, 0.2) is 18.2 Å². The summed E-state index contributed by atoms with van der Waals surface area (Å²) in [4.78, 5) is 42.0. The highest BCUT2D eigenvalue weighted by atomic mass is 16.5. The molecule has 4 rings (SSSR count). The van der Waals surface area contributed by atoms with Crippen LogP contribution in [0.3, 0.4) is 0 Å². The third kappa shape index (κ3) is 2.29. The Hall–Kier alpha value is -2.63. The molecule has 2 aliphatic rings. The SMILES string of the molecule is CCOC(=O)c1cccc2[nH]c3c(c12)C(=O)CN(C(=O)C1CC1)C3. The van der Waals surface area contributed by atoms with E-state index in [-0.39, 0.29) is 30.8 Å². The Morgan fingerprint density at radius 3 is 2.79 bits per heavy atom. The highest BCUT2D eigenvalue weighted by molar-refractivity contribution is 6.17. The Kier molecular flexibility index (Phi) is 3.40. The second kappa shape index (κ2) is 5.47. The maximum absolute atomic E-state index is 12.7. The molecule has 0 atom stereocenters. The molecule has 0 bridgehead atoms. The van der Waals surface area contributed by atoms with E-state index in [9.17, 15) is 14.4 Å². The zero-order chi connectivity index (χ0) is 16.8. The number of esters is 1. The van der Waals surface area contributed by atoms with Crippen molar-refractivity contribution < 1.29 is 19.1 Å². The number of benzene rings is 1. The number of Topliss-reactive ketones (excluding diaryl/α,β-unsaturated/α-hetero) is 1. The molecule has 1 N–H and O–H groups in total. The van der Waals surface area contributed by atoms with Gasteiger partial charge in [0.15, 0.2) is 5.78 Å². The van der Waals surface area contributed by atoms with Gasteiger partial charge in [0.25, 0.3) is 0 Å². The molecule has 2 aromatic rings. The van der Waals surface area contributed by atoms with Crippen molar-refractivity contribution in [1.82, 2.24) is 9.88 Å². The lowest BCUT2D eigenvalue weighted by Gasteiger charge is -2.26. The highest BCUT2D eigenvalue weighted by Gasteiger charge is 2.38. The van der Waals surface area contributed by atoms with Crippen LogP contribution in [0.1, 0.15) is 46.2 Å². The van der Waals surface area contributed by atoms with Gasteiger partial charge in [-0.1, -0.05) is 6.07 Å². The second-order valence-corrected chi connectivity index (χ2v) is 6.32. The van der Waals surface area contributed by atoms with Gasteiger partial charge in [-0.3, -0.25) is 9.59 Å². The van der Waals surface area contributed by atoms with Gasteiger partial charge in [-0.25, -0.2) is 4.79 Å². The van der Waals surface area contributed by atoms with E-state index in [0.717, 1.165) is 18.4 Å². The molecular formula is C18H18N2O4. The number of H-pyrrole nitrogens is 1. The molecule has 124 valence electrons. The van der Waals surface area contributed by atoms with Crippen LogP contribution in [0, 0.1) is 5.92 Å². The van der Waals surface area contributed by atoms with Gasteiger partial charge in [-0.15, -0.1) is 0 Å². The number of nitrogens with one attached hydrogen (secondary N) is 1. The number of aromatic amines is 1. The molecule has 1 amide bonds. The van der Waals surface area contributed by atoms with Crippen LogP contribution in [0.4, 0.5) is 0 Å². The number of rotatable bonds is 3. The normalized spacial score (nSPS) is 17.0. The predicted octanol–water partition coefficient (Wildman–Crippen LogP) is 2.28. The molecule has 1 aromatic heterocycles. The van der Waals surface area contributed by atoms with Crippen molar-refractivity contribution >= 4 is 28.6 Å². The van der Waals surface area contributed by atoms with E-state index >= 15 is 0 Å². The summed E-state index contributed by atoms with van der Waals surface area (Å²) in [6.07, 6.45) is 1.83. The molecule has 0 unspecified atom stereocenters. The number of carbonyl (C=O) groups is 3. The average Bonchev–Trinajstić information content (AvgIpc) is 3.33. The monoisotopic (exact) mass is 326 g/mol. The van der Waals surface area contributed by atoms with Crippen LogP contribution in [-0.2, 0) is 16.1 Å². The maximum Gasteiger partial charge on any atom is 0.338 e. The molecule has 1 aromatic carbocycles. The molecule has 1 aliphatic heterocycles. The third-order valence-electron chi connectivity index (χ3n) is 4.60. The van der Waals surface area contributed by atoms with E-state index in [1.54, 1.807) is 24.0 Å². The summed E-state index contributed by atoms with van der Waals surface area (Å²) in [5.74, 6) is -0.431. The van der Waals surface area contributed by atoms with Crippen molar-refractivity contribution in [3.05, 3.63) is 35.0 Å². The van der Waals surface area contributed by atoms with Crippen molar-refractivity contribution in [3.8, 4) is 0 Å². The molecule has 2 heterocycles. The molecule has 1 saturated carbocycles. The van der Waals surface area contributed by atoms with Gasteiger partial charge >= 0.3 is 5.97 Å². The minimum absolute atomic E-state index is 0.0540. The van der Waals surface area contributed by atoms with Gasteiger partial charge in [-0.2, -0.15) is 0 Å². The zero-order valence-corrected chi connectivity index (χ0v) is 13.4. The molecule has 1 aliphatic carbocycles. The molecule has 6 nitrogen and oxygen atoms in total. The highest BCUT2D eigenvalue weighted by Crippen LogP contribution is 2.35. The summed E-state index contributed by atoms with van der Waals surface area (Å²) in [7, 11) is 0. The maximum atomic E-state index is 12.7. The fourth-order valence-corrected chi connectivity index (χ4v) is 3.35. The van der Waals surface area contributed by atoms with Crippen LogP contribution in [0.2, 0.25) is 0 Å². The topological polar surface area (TPSA) is 79.5 Å². The van der Waals surface area contributed by atoms with Gasteiger partial charge < -0.3 is 14.6 Å². The number of hydrogen-bond acceptors (Lipinski definition) is 4.